The maximum atomic E-state index is 11.4. The quantitative estimate of drug-likeness (QED) is 0.716. The number of ketones is 1. The molecule has 6 heteroatoms. The normalized spacial score (nSPS) is 13.7. The number of rotatable bonds is 1. The number of Topliss-reactive ketones (excluding diaryl/α,β-unsaturated/α-hetero) is 1. The van der Waals surface area contributed by atoms with Gasteiger partial charge in [-0.15, -0.1) is 0 Å². The Morgan fingerprint density at radius 1 is 1.44 bits per heavy atom. The van der Waals surface area contributed by atoms with Crippen molar-refractivity contribution in [3.05, 3.63) is 23.0 Å². The number of fused-ring (bicyclic) bond motifs is 1. The van der Waals surface area contributed by atoms with Gasteiger partial charge in [0.2, 0.25) is 0 Å². The molecular weight excluding hydrogens is 214 g/mol. The Bertz CT molecular complexity index is 500. The highest BCUT2D eigenvalue weighted by Gasteiger charge is 2.31. The zero-order valence-corrected chi connectivity index (χ0v) is 8.52. The van der Waals surface area contributed by atoms with Crippen LogP contribution in [0.2, 0.25) is 0 Å². The molecule has 0 aliphatic heterocycles. The first-order valence-electron chi connectivity index (χ1n) is 4.65. The lowest BCUT2D eigenvalue weighted by Crippen LogP contribution is -2.18. The Morgan fingerprint density at radius 3 is 2.69 bits per heavy atom. The van der Waals surface area contributed by atoms with Crippen LogP contribution in [0.15, 0.2) is 6.07 Å². The molecule has 2 rings (SSSR count). The van der Waals surface area contributed by atoms with E-state index in [-0.39, 0.29) is 11.5 Å². The van der Waals surface area contributed by atoms with Gasteiger partial charge in [0.1, 0.15) is 5.69 Å². The standard InChI is InChI=1S/C10H9NO5/c1-16-9(13)7-4-5-6(2-3-8(5)12)11(7)10(14)15/h4H,2-3H2,1H3,(H,14,15). The lowest BCUT2D eigenvalue weighted by Gasteiger charge is -2.04. The molecular formula is C10H9NO5. The van der Waals surface area contributed by atoms with Gasteiger partial charge < -0.3 is 9.84 Å². The summed E-state index contributed by atoms with van der Waals surface area (Å²) < 4.78 is 5.29. The predicted octanol–water partition coefficient (Wildman–Crippen LogP) is 0.930. The van der Waals surface area contributed by atoms with Crippen molar-refractivity contribution in [2.45, 2.75) is 12.8 Å². The van der Waals surface area contributed by atoms with Crippen molar-refractivity contribution in [3.8, 4) is 0 Å². The van der Waals surface area contributed by atoms with Gasteiger partial charge in [0, 0.05) is 17.7 Å². The van der Waals surface area contributed by atoms with Crippen LogP contribution in [-0.2, 0) is 11.2 Å². The van der Waals surface area contributed by atoms with Crippen molar-refractivity contribution in [1.82, 2.24) is 4.57 Å². The van der Waals surface area contributed by atoms with Gasteiger partial charge in [-0.1, -0.05) is 0 Å². The average molecular weight is 223 g/mol. The number of nitrogens with zero attached hydrogens (tertiary/aromatic N) is 1. The van der Waals surface area contributed by atoms with E-state index < -0.39 is 12.1 Å². The molecule has 1 aromatic heterocycles. The first kappa shape index (κ1) is 10.4. The Balaban J connectivity index is 2.63. The lowest BCUT2D eigenvalue weighted by atomic mass is 10.2. The van der Waals surface area contributed by atoms with Crippen LogP contribution in [-0.4, -0.2) is 34.6 Å². The van der Waals surface area contributed by atoms with Crippen LogP contribution in [0.25, 0.3) is 0 Å². The third kappa shape index (κ3) is 1.30. The minimum absolute atomic E-state index is 0.118. The Kier molecular flexibility index (Phi) is 2.26. The van der Waals surface area contributed by atoms with Crippen molar-refractivity contribution < 1.29 is 24.2 Å². The van der Waals surface area contributed by atoms with Crippen LogP contribution in [0, 0.1) is 0 Å². The molecule has 1 N–H and O–H groups in total. The van der Waals surface area contributed by atoms with Gasteiger partial charge in [-0.05, 0) is 12.5 Å². The molecule has 0 unspecified atom stereocenters. The number of hydrogen-bond donors (Lipinski definition) is 1. The fourth-order valence-electron chi connectivity index (χ4n) is 1.88. The summed E-state index contributed by atoms with van der Waals surface area (Å²) in [6.45, 7) is 0. The van der Waals surface area contributed by atoms with E-state index >= 15 is 0 Å². The Morgan fingerprint density at radius 2 is 2.12 bits per heavy atom. The maximum absolute atomic E-state index is 11.4. The minimum atomic E-state index is -1.28. The molecule has 0 atom stereocenters. The van der Waals surface area contributed by atoms with Crippen molar-refractivity contribution in [1.29, 1.82) is 0 Å². The molecule has 0 fully saturated rings. The molecule has 1 heterocycles. The Hall–Kier alpha value is -2.11. The number of hydrogen-bond acceptors (Lipinski definition) is 4. The van der Waals surface area contributed by atoms with Crippen molar-refractivity contribution in [2.24, 2.45) is 0 Å². The Labute approximate surface area is 90.4 Å². The largest absolute Gasteiger partial charge is 0.464 e. The number of esters is 1. The molecule has 1 aromatic rings. The number of methoxy groups -OCH3 is 1. The first-order chi connectivity index (χ1) is 7.56. The highest BCUT2D eigenvalue weighted by atomic mass is 16.5. The molecule has 0 saturated carbocycles. The molecule has 0 spiro atoms. The van der Waals surface area contributed by atoms with Crippen LogP contribution in [0.1, 0.15) is 33.0 Å². The zero-order chi connectivity index (χ0) is 11.9. The van der Waals surface area contributed by atoms with Crippen molar-refractivity contribution in [2.75, 3.05) is 7.11 Å². The lowest BCUT2D eigenvalue weighted by molar-refractivity contribution is 0.0587. The molecule has 16 heavy (non-hydrogen) atoms. The van der Waals surface area contributed by atoms with Gasteiger partial charge in [-0.2, -0.15) is 0 Å². The summed E-state index contributed by atoms with van der Waals surface area (Å²) >= 11 is 0. The second kappa shape index (κ2) is 3.48. The topological polar surface area (TPSA) is 85.6 Å². The van der Waals surface area contributed by atoms with Gasteiger partial charge in [-0.25, -0.2) is 14.2 Å². The molecule has 0 aromatic carbocycles. The van der Waals surface area contributed by atoms with Gasteiger partial charge >= 0.3 is 12.1 Å². The second-order valence-corrected chi connectivity index (χ2v) is 3.42. The maximum Gasteiger partial charge on any atom is 0.416 e. The van der Waals surface area contributed by atoms with Crippen LogP contribution >= 0.6 is 0 Å². The summed E-state index contributed by atoms with van der Waals surface area (Å²) in [4.78, 5) is 33.8. The third-order valence-electron chi connectivity index (χ3n) is 2.58. The number of carbonyl (C=O) groups is 3. The number of aromatic nitrogens is 1. The van der Waals surface area contributed by atoms with Crippen LogP contribution in [0.3, 0.4) is 0 Å². The van der Waals surface area contributed by atoms with Gasteiger partial charge in [0.05, 0.1) is 7.11 Å². The van der Waals surface area contributed by atoms with E-state index in [0.29, 0.717) is 24.1 Å². The monoisotopic (exact) mass is 223 g/mol. The summed E-state index contributed by atoms with van der Waals surface area (Å²) in [6.07, 6.45) is -0.645. The summed E-state index contributed by atoms with van der Waals surface area (Å²) in [7, 11) is 1.16. The van der Waals surface area contributed by atoms with Crippen molar-refractivity contribution >= 4 is 17.8 Å². The molecule has 1 aliphatic carbocycles. The second-order valence-electron chi connectivity index (χ2n) is 3.42. The van der Waals surface area contributed by atoms with Crippen LogP contribution < -0.4 is 0 Å². The predicted molar refractivity (Wildman–Crippen MR) is 51.8 cm³/mol. The van der Waals surface area contributed by atoms with E-state index in [9.17, 15) is 14.4 Å². The first-order valence-corrected chi connectivity index (χ1v) is 4.65. The third-order valence-corrected chi connectivity index (χ3v) is 2.58. The van der Waals surface area contributed by atoms with Gasteiger partial charge in [0.15, 0.2) is 5.78 Å². The SMILES string of the molecule is COC(=O)c1cc2c(n1C(=O)O)CCC2=O. The molecule has 0 bridgehead atoms. The fourth-order valence-corrected chi connectivity index (χ4v) is 1.88. The smallest absolute Gasteiger partial charge is 0.416 e. The number of ether oxygens (including phenoxy) is 1. The highest BCUT2D eigenvalue weighted by Crippen LogP contribution is 2.26. The number of carbonyl (C=O) groups excluding carboxylic acids is 2. The summed E-state index contributed by atoms with van der Waals surface area (Å²) in [5, 5.41) is 8.99. The fraction of sp³-hybridized carbons (Fsp3) is 0.300. The minimum Gasteiger partial charge on any atom is -0.464 e. The van der Waals surface area contributed by atoms with E-state index in [0.717, 1.165) is 11.7 Å². The molecule has 1 aliphatic rings. The van der Waals surface area contributed by atoms with E-state index in [4.69, 9.17) is 5.11 Å². The molecule has 84 valence electrons. The molecule has 0 amide bonds. The van der Waals surface area contributed by atoms with E-state index in [1.54, 1.807) is 0 Å². The highest BCUT2D eigenvalue weighted by molar-refractivity contribution is 6.04. The molecule has 0 saturated heterocycles. The summed E-state index contributed by atoms with van der Waals surface area (Å²) in [6, 6.07) is 1.28. The average Bonchev–Trinajstić information content (AvgIpc) is 2.77. The summed E-state index contributed by atoms with van der Waals surface area (Å²) in [5.74, 6) is -0.898. The molecule has 6 nitrogen and oxygen atoms in total. The van der Waals surface area contributed by atoms with Crippen LogP contribution in [0.5, 0.6) is 0 Å². The van der Waals surface area contributed by atoms with Gasteiger partial charge in [0.25, 0.3) is 0 Å². The zero-order valence-electron chi connectivity index (χ0n) is 8.52. The van der Waals surface area contributed by atoms with Crippen molar-refractivity contribution in [3.63, 3.8) is 0 Å². The van der Waals surface area contributed by atoms with Gasteiger partial charge in [-0.3, -0.25) is 4.79 Å². The van der Waals surface area contributed by atoms with Crippen LogP contribution in [0.4, 0.5) is 4.79 Å². The summed E-state index contributed by atoms with van der Waals surface area (Å²) in [5.41, 5.74) is 0.564. The number of carboxylic acid groups (broad SMARTS) is 1. The molecule has 0 radical (unpaired) electrons. The van der Waals surface area contributed by atoms with E-state index in [1.165, 1.54) is 6.07 Å². The van der Waals surface area contributed by atoms with E-state index in [2.05, 4.69) is 4.74 Å². The van der Waals surface area contributed by atoms with E-state index in [1.807, 2.05) is 0 Å².